The highest BCUT2D eigenvalue weighted by atomic mass is 79.9. The summed E-state index contributed by atoms with van der Waals surface area (Å²) in [4.78, 5) is 14.5. The lowest BCUT2D eigenvalue weighted by Gasteiger charge is -2.02. The van der Waals surface area contributed by atoms with Crippen molar-refractivity contribution in [3.63, 3.8) is 0 Å². The number of benzene rings is 2. The van der Waals surface area contributed by atoms with E-state index in [2.05, 4.69) is 26.1 Å². The second-order valence-electron chi connectivity index (χ2n) is 4.77. The molecule has 0 saturated carbocycles. The van der Waals surface area contributed by atoms with Crippen molar-refractivity contribution in [2.24, 2.45) is 10.9 Å². The maximum atomic E-state index is 11.2. The number of nitrogens with one attached hydrogen (secondary N) is 1. The third-order valence-electron chi connectivity index (χ3n) is 3.38. The summed E-state index contributed by atoms with van der Waals surface area (Å²) in [5.41, 5.74) is 8.73. The van der Waals surface area contributed by atoms with Gasteiger partial charge in [0.25, 0.3) is 0 Å². The lowest BCUT2D eigenvalue weighted by Crippen LogP contribution is -2.13. The van der Waals surface area contributed by atoms with E-state index < -0.39 is 0 Å². The molecule has 5 nitrogen and oxygen atoms in total. The van der Waals surface area contributed by atoms with Gasteiger partial charge in [-0.15, -0.1) is 0 Å². The van der Waals surface area contributed by atoms with E-state index in [4.69, 9.17) is 10.9 Å². The Morgan fingerprint density at radius 1 is 1.38 bits per heavy atom. The van der Waals surface area contributed by atoms with E-state index >= 15 is 0 Å². The standard InChI is InChI=1S/C15H12BrN3O2/c16-11-4-2-9(6-13(17)20)15-14(11)10-3-1-8(7-18-21)5-12(10)19-15/h1-5,7,19,21H,6H2,(H2,17,20)/b18-7+. The number of hydrogen-bond acceptors (Lipinski definition) is 3. The van der Waals surface area contributed by atoms with Crippen LogP contribution in [-0.2, 0) is 11.2 Å². The number of nitrogens with two attached hydrogens (primary N) is 1. The molecular formula is C15H12BrN3O2. The first-order valence-electron chi connectivity index (χ1n) is 6.28. The molecule has 106 valence electrons. The first kappa shape index (κ1) is 13.6. The van der Waals surface area contributed by atoms with Gasteiger partial charge in [-0.05, 0) is 23.3 Å². The largest absolute Gasteiger partial charge is 0.411 e. The molecule has 0 unspecified atom stereocenters. The molecule has 0 saturated heterocycles. The van der Waals surface area contributed by atoms with E-state index in [0.29, 0.717) is 0 Å². The van der Waals surface area contributed by atoms with Crippen LogP contribution in [0.3, 0.4) is 0 Å². The van der Waals surface area contributed by atoms with Crippen molar-refractivity contribution in [1.82, 2.24) is 4.98 Å². The second-order valence-corrected chi connectivity index (χ2v) is 5.63. The number of amides is 1. The Kier molecular flexibility index (Phi) is 3.39. The number of primary amides is 1. The van der Waals surface area contributed by atoms with Gasteiger partial charge in [0.1, 0.15) is 0 Å². The second kappa shape index (κ2) is 5.21. The number of fused-ring (bicyclic) bond motifs is 3. The van der Waals surface area contributed by atoms with Crippen LogP contribution in [0.5, 0.6) is 0 Å². The molecule has 0 bridgehead atoms. The van der Waals surface area contributed by atoms with Crippen molar-refractivity contribution >= 4 is 49.9 Å². The van der Waals surface area contributed by atoms with Crippen LogP contribution in [0.4, 0.5) is 0 Å². The zero-order valence-corrected chi connectivity index (χ0v) is 12.5. The van der Waals surface area contributed by atoms with Crippen LogP contribution >= 0.6 is 15.9 Å². The average Bonchev–Trinajstić information content (AvgIpc) is 2.81. The van der Waals surface area contributed by atoms with Gasteiger partial charge in [-0.3, -0.25) is 4.79 Å². The monoisotopic (exact) mass is 345 g/mol. The normalized spacial score (nSPS) is 11.7. The van der Waals surface area contributed by atoms with Gasteiger partial charge in [-0.1, -0.05) is 39.3 Å². The Bertz CT molecular complexity index is 883. The SMILES string of the molecule is NC(=O)Cc1ccc(Br)c2c1[nH]c1cc(/C=N/O)ccc12. The summed E-state index contributed by atoms with van der Waals surface area (Å²) in [7, 11) is 0. The highest BCUT2D eigenvalue weighted by Crippen LogP contribution is 2.34. The van der Waals surface area contributed by atoms with Gasteiger partial charge in [-0.25, -0.2) is 0 Å². The Morgan fingerprint density at radius 3 is 2.90 bits per heavy atom. The number of oxime groups is 1. The third kappa shape index (κ3) is 2.38. The number of hydrogen-bond donors (Lipinski definition) is 3. The van der Waals surface area contributed by atoms with Crippen LogP contribution in [0.2, 0.25) is 0 Å². The van der Waals surface area contributed by atoms with E-state index in [9.17, 15) is 4.79 Å². The molecule has 1 aromatic heterocycles. The summed E-state index contributed by atoms with van der Waals surface area (Å²) in [6, 6.07) is 9.49. The summed E-state index contributed by atoms with van der Waals surface area (Å²) in [5, 5.41) is 13.7. The lowest BCUT2D eigenvalue weighted by molar-refractivity contribution is -0.117. The topological polar surface area (TPSA) is 91.5 Å². The van der Waals surface area contributed by atoms with Crippen LogP contribution in [0.25, 0.3) is 21.8 Å². The van der Waals surface area contributed by atoms with E-state index in [-0.39, 0.29) is 12.3 Å². The Balaban J connectivity index is 2.33. The maximum absolute atomic E-state index is 11.2. The minimum absolute atomic E-state index is 0.182. The molecule has 3 aromatic rings. The Labute approximate surface area is 128 Å². The fraction of sp³-hybridized carbons (Fsp3) is 0.0667. The van der Waals surface area contributed by atoms with Gasteiger partial charge in [0.2, 0.25) is 5.91 Å². The van der Waals surface area contributed by atoms with Crippen LogP contribution in [-0.4, -0.2) is 22.3 Å². The highest BCUT2D eigenvalue weighted by molar-refractivity contribution is 9.10. The molecule has 0 fully saturated rings. The number of H-pyrrole nitrogens is 1. The number of rotatable bonds is 3. The molecule has 2 aromatic carbocycles. The number of nitrogens with zero attached hydrogens (tertiary/aromatic N) is 1. The zero-order chi connectivity index (χ0) is 15.0. The first-order chi connectivity index (χ1) is 10.1. The summed E-state index contributed by atoms with van der Waals surface area (Å²) >= 11 is 3.54. The van der Waals surface area contributed by atoms with E-state index in [1.54, 1.807) is 0 Å². The van der Waals surface area contributed by atoms with Crippen LogP contribution < -0.4 is 5.73 Å². The molecule has 0 atom stereocenters. The minimum Gasteiger partial charge on any atom is -0.411 e. The summed E-state index contributed by atoms with van der Waals surface area (Å²) in [6.45, 7) is 0. The third-order valence-corrected chi connectivity index (χ3v) is 4.05. The van der Waals surface area contributed by atoms with Crippen molar-refractivity contribution in [1.29, 1.82) is 0 Å². The zero-order valence-electron chi connectivity index (χ0n) is 10.9. The molecule has 0 aliphatic carbocycles. The molecule has 1 amide bonds. The van der Waals surface area contributed by atoms with Gasteiger partial charge >= 0.3 is 0 Å². The van der Waals surface area contributed by atoms with Gasteiger partial charge in [0.05, 0.1) is 18.2 Å². The van der Waals surface area contributed by atoms with Gasteiger partial charge in [0.15, 0.2) is 0 Å². The van der Waals surface area contributed by atoms with Crippen molar-refractivity contribution in [2.45, 2.75) is 6.42 Å². The highest BCUT2D eigenvalue weighted by Gasteiger charge is 2.13. The number of aromatic nitrogens is 1. The van der Waals surface area contributed by atoms with Crippen molar-refractivity contribution < 1.29 is 10.0 Å². The molecule has 21 heavy (non-hydrogen) atoms. The fourth-order valence-corrected chi connectivity index (χ4v) is 3.07. The first-order valence-corrected chi connectivity index (χ1v) is 7.08. The molecule has 0 aliphatic heterocycles. The molecule has 0 aliphatic rings. The summed E-state index contributed by atoms with van der Waals surface area (Å²) in [6.07, 6.45) is 1.55. The summed E-state index contributed by atoms with van der Waals surface area (Å²) in [5.74, 6) is -0.370. The quantitative estimate of drug-likeness (QED) is 0.387. The van der Waals surface area contributed by atoms with Crippen molar-refractivity contribution in [3.8, 4) is 0 Å². The van der Waals surface area contributed by atoms with Crippen LogP contribution in [0.1, 0.15) is 11.1 Å². The molecule has 6 heteroatoms. The van der Waals surface area contributed by atoms with E-state index in [0.717, 1.165) is 37.4 Å². The van der Waals surface area contributed by atoms with Gasteiger partial charge in [-0.2, -0.15) is 0 Å². The molecule has 4 N–H and O–H groups in total. The number of carbonyl (C=O) groups is 1. The van der Waals surface area contributed by atoms with Crippen molar-refractivity contribution in [3.05, 3.63) is 45.9 Å². The van der Waals surface area contributed by atoms with Crippen molar-refractivity contribution in [2.75, 3.05) is 0 Å². The minimum atomic E-state index is -0.370. The number of carbonyl (C=O) groups excluding carboxylic acids is 1. The maximum Gasteiger partial charge on any atom is 0.221 e. The molecular weight excluding hydrogens is 334 g/mol. The van der Waals surface area contributed by atoms with Gasteiger partial charge in [0, 0.05) is 20.8 Å². The predicted octanol–water partition coefficient (Wildman–Crippen LogP) is 2.92. The van der Waals surface area contributed by atoms with Crippen LogP contribution in [0.15, 0.2) is 40.0 Å². The number of aromatic amines is 1. The lowest BCUT2D eigenvalue weighted by atomic mass is 10.1. The smallest absolute Gasteiger partial charge is 0.221 e. The summed E-state index contributed by atoms with van der Waals surface area (Å²) < 4.78 is 0.945. The van der Waals surface area contributed by atoms with E-state index in [1.807, 2.05) is 30.3 Å². The molecule has 3 rings (SSSR count). The average molecular weight is 346 g/mol. The molecule has 0 spiro atoms. The number of halogens is 1. The Morgan fingerprint density at radius 2 is 2.19 bits per heavy atom. The molecule has 1 heterocycles. The fourth-order valence-electron chi connectivity index (χ4n) is 2.53. The van der Waals surface area contributed by atoms with Gasteiger partial charge < -0.3 is 15.9 Å². The molecule has 0 radical (unpaired) electrons. The van der Waals surface area contributed by atoms with E-state index in [1.165, 1.54) is 6.21 Å². The van der Waals surface area contributed by atoms with Crippen LogP contribution in [0, 0.1) is 0 Å². The predicted molar refractivity (Wildman–Crippen MR) is 85.8 cm³/mol. The Hall–Kier alpha value is -2.34.